The quantitative estimate of drug-likeness (QED) is 0.893. The van der Waals surface area contributed by atoms with Crippen molar-refractivity contribution in [1.29, 1.82) is 0 Å². The first-order valence-electron chi connectivity index (χ1n) is 5.39. The number of halogens is 1. The Morgan fingerprint density at radius 3 is 2.72 bits per heavy atom. The molecule has 1 rings (SSSR count). The van der Waals surface area contributed by atoms with Gasteiger partial charge in [0.05, 0.1) is 0 Å². The van der Waals surface area contributed by atoms with Crippen LogP contribution in [-0.2, 0) is 11.3 Å². The first kappa shape index (κ1) is 14.5. The summed E-state index contributed by atoms with van der Waals surface area (Å²) in [7, 11) is 1.62. The Morgan fingerprint density at radius 1 is 1.50 bits per heavy atom. The average molecular weight is 315 g/mol. The fourth-order valence-electron chi connectivity index (χ4n) is 1.34. The number of carboxylic acid groups (broad SMARTS) is 1. The highest BCUT2D eigenvalue weighted by molar-refractivity contribution is 9.10. The molecule has 0 aliphatic heterocycles. The lowest BCUT2D eigenvalue weighted by molar-refractivity contribution is -0.138. The van der Waals surface area contributed by atoms with E-state index in [2.05, 4.69) is 21.2 Å². The lowest BCUT2D eigenvalue weighted by Gasteiger charge is -2.19. The number of nitrogens with zero attached hydrogens (tertiary/aromatic N) is 1. The summed E-state index contributed by atoms with van der Waals surface area (Å²) in [6.07, 6.45) is 0. The minimum atomic E-state index is -1.06. The lowest BCUT2D eigenvalue weighted by atomic mass is 10.2. The van der Waals surface area contributed by atoms with Gasteiger partial charge < -0.3 is 15.3 Å². The van der Waals surface area contributed by atoms with Gasteiger partial charge in [0.2, 0.25) is 0 Å². The van der Waals surface area contributed by atoms with Crippen LogP contribution in [0, 0.1) is 0 Å². The van der Waals surface area contributed by atoms with E-state index in [1.165, 1.54) is 11.8 Å². The van der Waals surface area contributed by atoms with Gasteiger partial charge in [-0.05, 0) is 24.6 Å². The summed E-state index contributed by atoms with van der Waals surface area (Å²) in [5.74, 6) is -1.06. The summed E-state index contributed by atoms with van der Waals surface area (Å²) in [4.78, 5) is 23.7. The number of aliphatic carboxylic acids is 1. The smallest absolute Gasteiger partial charge is 0.325 e. The third-order valence-corrected chi connectivity index (χ3v) is 2.86. The minimum absolute atomic E-state index is 0.412. The Labute approximate surface area is 114 Å². The number of amides is 2. The molecule has 0 aliphatic rings. The van der Waals surface area contributed by atoms with E-state index in [4.69, 9.17) is 5.11 Å². The van der Waals surface area contributed by atoms with Crippen LogP contribution in [0.3, 0.4) is 0 Å². The van der Waals surface area contributed by atoms with Crippen LogP contribution in [-0.4, -0.2) is 35.1 Å². The zero-order chi connectivity index (χ0) is 13.7. The molecule has 0 bridgehead atoms. The summed E-state index contributed by atoms with van der Waals surface area (Å²) in [5, 5.41) is 11.1. The summed E-state index contributed by atoms with van der Waals surface area (Å²) in [6, 6.07) is 6.27. The zero-order valence-electron chi connectivity index (χ0n) is 10.2. The second kappa shape index (κ2) is 6.39. The number of carbonyl (C=O) groups is 2. The van der Waals surface area contributed by atoms with Crippen LogP contribution >= 0.6 is 15.9 Å². The maximum Gasteiger partial charge on any atom is 0.325 e. The van der Waals surface area contributed by atoms with Crippen LogP contribution in [0.25, 0.3) is 0 Å². The molecule has 2 amide bonds. The number of hydrogen-bond acceptors (Lipinski definition) is 2. The molecule has 0 fully saturated rings. The number of nitrogens with one attached hydrogen (secondary N) is 1. The first-order chi connectivity index (χ1) is 8.40. The van der Waals surface area contributed by atoms with Crippen molar-refractivity contribution in [3.63, 3.8) is 0 Å². The van der Waals surface area contributed by atoms with Gasteiger partial charge in [-0.3, -0.25) is 4.79 Å². The highest BCUT2D eigenvalue weighted by Crippen LogP contribution is 2.12. The summed E-state index contributed by atoms with van der Waals surface area (Å²) < 4.78 is 0.938. The fraction of sp³-hybridized carbons (Fsp3) is 0.333. The Hall–Kier alpha value is -1.56. The molecule has 0 aromatic heterocycles. The molecule has 5 nitrogen and oxygen atoms in total. The van der Waals surface area contributed by atoms with Crippen molar-refractivity contribution in [1.82, 2.24) is 10.2 Å². The van der Waals surface area contributed by atoms with E-state index in [0.29, 0.717) is 6.54 Å². The van der Waals surface area contributed by atoms with E-state index in [1.54, 1.807) is 7.05 Å². The summed E-state index contributed by atoms with van der Waals surface area (Å²) >= 11 is 3.35. The lowest BCUT2D eigenvalue weighted by Crippen LogP contribution is -2.44. The van der Waals surface area contributed by atoms with E-state index in [9.17, 15) is 9.59 Å². The predicted molar refractivity (Wildman–Crippen MR) is 71.2 cm³/mol. The van der Waals surface area contributed by atoms with Gasteiger partial charge in [-0.1, -0.05) is 28.1 Å². The minimum Gasteiger partial charge on any atom is -0.480 e. The van der Waals surface area contributed by atoms with E-state index < -0.39 is 18.0 Å². The molecule has 0 spiro atoms. The summed E-state index contributed by atoms with van der Waals surface area (Å²) in [6.45, 7) is 1.84. The predicted octanol–water partition coefficient (Wildman–Crippen LogP) is 2.06. The Bertz CT molecular complexity index is 451. The normalized spacial score (nSPS) is 11.7. The number of carboxylic acids is 1. The number of carbonyl (C=O) groups excluding carboxylic acids is 1. The molecule has 0 saturated heterocycles. The van der Waals surface area contributed by atoms with Crippen LogP contribution in [0.4, 0.5) is 4.79 Å². The van der Waals surface area contributed by atoms with Gasteiger partial charge in [0.25, 0.3) is 0 Å². The monoisotopic (exact) mass is 314 g/mol. The van der Waals surface area contributed by atoms with Gasteiger partial charge in [0, 0.05) is 18.1 Å². The standard InChI is InChI=1S/C12H15BrN2O3/c1-8(11(16)17)14-12(18)15(2)7-9-4-3-5-10(13)6-9/h3-6,8H,7H2,1-2H3,(H,14,18)(H,16,17)/t8-/m0/s1. The van der Waals surface area contributed by atoms with Crippen LogP contribution in [0.1, 0.15) is 12.5 Å². The number of hydrogen-bond donors (Lipinski definition) is 2. The van der Waals surface area contributed by atoms with Gasteiger partial charge in [0.1, 0.15) is 6.04 Å². The molecule has 6 heteroatoms. The Kier molecular flexibility index (Phi) is 5.15. The Morgan fingerprint density at radius 2 is 2.17 bits per heavy atom. The molecule has 1 aromatic rings. The fourth-order valence-corrected chi connectivity index (χ4v) is 1.78. The third-order valence-electron chi connectivity index (χ3n) is 2.37. The van der Waals surface area contributed by atoms with Gasteiger partial charge >= 0.3 is 12.0 Å². The number of benzene rings is 1. The van der Waals surface area contributed by atoms with Gasteiger partial charge in [0.15, 0.2) is 0 Å². The molecule has 0 radical (unpaired) electrons. The molecule has 1 aromatic carbocycles. The summed E-state index contributed by atoms with van der Waals surface area (Å²) in [5.41, 5.74) is 0.963. The van der Waals surface area contributed by atoms with Crippen molar-refractivity contribution in [3.8, 4) is 0 Å². The second-order valence-corrected chi connectivity index (χ2v) is 4.91. The van der Waals surface area contributed by atoms with Gasteiger partial charge in [-0.15, -0.1) is 0 Å². The Balaban J connectivity index is 2.57. The molecule has 0 aliphatic carbocycles. The zero-order valence-corrected chi connectivity index (χ0v) is 11.8. The maximum atomic E-state index is 11.7. The molecular weight excluding hydrogens is 300 g/mol. The van der Waals surface area contributed by atoms with E-state index in [0.717, 1.165) is 10.0 Å². The van der Waals surface area contributed by atoms with Crippen LogP contribution in [0.5, 0.6) is 0 Å². The molecular formula is C12H15BrN2O3. The maximum absolute atomic E-state index is 11.7. The molecule has 18 heavy (non-hydrogen) atoms. The average Bonchev–Trinajstić information content (AvgIpc) is 2.28. The number of rotatable bonds is 4. The van der Waals surface area contributed by atoms with Crippen molar-refractivity contribution in [3.05, 3.63) is 34.3 Å². The second-order valence-electron chi connectivity index (χ2n) is 4.00. The highest BCUT2D eigenvalue weighted by atomic mass is 79.9. The van der Waals surface area contributed by atoms with E-state index in [1.807, 2.05) is 24.3 Å². The van der Waals surface area contributed by atoms with Crippen molar-refractivity contribution < 1.29 is 14.7 Å². The van der Waals surface area contributed by atoms with Gasteiger partial charge in [-0.2, -0.15) is 0 Å². The van der Waals surface area contributed by atoms with Crippen LogP contribution in [0.15, 0.2) is 28.7 Å². The molecule has 0 heterocycles. The topological polar surface area (TPSA) is 69.6 Å². The van der Waals surface area contributed by atoms with Gasteiger partial charge in [-0.25, -0.2) is 4.79 Å². The van der Waals surface area contributed by atoms with Crippen LogP contribution in [0.2, 0.25) is 0 Å². The SMILES string of the molecule is C[C@H](NC(=O)N(C)Cc1cccc(Br)c1)C(=O)O. The molecule has 0 saturated carbocycles. The third kappa shape index (κ3) is 4.37. The van der Waals surface area contributed by atoms with E-state index in [-0.39, 0.29) is 0 Å². The molecule has 98 valence electrons. The van der Waals surface area contributed by atoms with Crippen molar-refractivity contribution in [2.45, 2.75) is 19.5 Å². The highest BCUT2D eigenvalue weighted by Gasteiger charge is 2.16. The van der Waals surface area contributed by atoms with Crippen molar-refractivity contribution >= 4 is 27.9 Å². The van der Waals surface area contributed by atoms with Crippen molar-refractivity contribution in [2.75, 3.05) is 7.05 Å². The largest absolute Gasteiger partial charge is 0.480 e. The van der Waals surface area contributed by atoms with Crippen molar-refractivity contribution in [2.24, 2.45) is 0 Å². The number of urea groups is 1. The van der Waals surface area contributed by atoms with Crippen LogP contribution < -0.4 is 5.32 Å². The first-order valence-corrected chi connectivity index (χ1v) is 6.18. The molecule has 2 N–H and O–H groups in total. The molecule has 1 atom stereocenters. The molecule has 0 unspecified atom stereocenters. The van der Waals surface area contributed by atoms with E-state index >= 15 is 0 Å².